The SMILES string of the molecule is CCCCCCCCOC(=O)CC(CCCCCCC)CCCCCCCC. The third kappa shape index (κ3) is 20.2. The van der Waals surface area contributed by atoms with Crippen molar-refractivity contribution in [3.8, 4) is 0 Å². The highest BCUT2D eigenvalue weighted by Gasteiger charge is 2.14. The van der Waals surface area contributed by atoms with Crippen LogP contribution in [0.15, 0.2) is 0 Å². The number of carbonyl (C=O) groups is 1. The molecule has 0 aliphatic heterocycles. The van der Waals surface area contributed by atoms with Gasteiger partial charge in [0, 0.05) is 6.42 Å². The Kier molecular flexibility index (Phi) is 22.3. The monoisotopic (exact) mass is 396 g/mol. The van der Waals surface area contributed by atoms with Crippen molar-refractivity contribution in [1.82, 2.24) is 0 Å². The lowest BCUT2D eigenvalue weighted by atomic mass is 9.91. The number of esters is 1. The van der Waals surface area contributed by atoms with Gasteiger partial charge in [-0.05, 0) is 25.2 Å². The highest BCUT2D eigenvalue weighted by Crippen LogP contribution is 2.22. The number of carbonyl (C=O) groups excluding carboxylic acids is 1. The fourth-order valence-electron chi connectivity index (χ4n) is 3.96. The van der Waals surface area contributed by atoms with Gasteiger partial charge in [0.2, 0.25) is 0 Å². The summed E-state index contributed by atoms with van der Waals surface area (Å²) in [5.41, 5.74) is 0. The van der Waals surface area contributed by atoms with Crippen molar-refractivity contribution in [2.24, 2.45) is 5.92 Å². The Morgan fingerprint density at radius 1 is 0.571 bits per heavy atom. The molecule has 1 unspecified atom stereocenters. The average molecular weight is 397 g/mol. The van der Waals surface area contributed by atoms with Gasteiger partial charge >= 0.3 is 5.97 Å². The molecule has 0 aromatic heterocycles. The summed E-state index contributed by atoms with van der Waals surface area (Å²) in [7, 11) is 0. The van der Waals surface area contributed by atoms with Crippen LogP contribution in [0.3, 0.4) is 0 Å². The van der Waals surface area contributed by atoms with Crippen LogP contribution in [0, 0.1) is 5.92 Å². The van der Waals surface area contributed by atoms with E-state index in [0.717, 1.165) is 6.42 Å². The summed E-state index contributed by atoms with van der Waals surface area (Å²) in [4.78, 5) is 12.3. The molecule has 0 bridgehead atoms. The topological polar surface area (TPSA) is 26.3 Å². The Bertz CT molecular complexity index is 314. The first-order chi connectivity index (χ1) is 13.7. The van der Waals surface area contributed by atoms with E-state index in [-0.39, 0.29) is 5.97 Å². The molecule has 2 nitrogen and oxygen atoms in total. The minimum absolute atomic E-state index is 0.0538. The molecule has 0 spiro atoms. The molecule has 2 heteroatoms. The molecular formula is C26H52O2. The standard InChI is InChI=1S/C26H52O2/c1-4-7-10-13-16-19-22-25(21-18-15-12-9-6-3)24-26(27)28-23-20-17-14-11-8-5-2/h25H,4-24H2,1-3H3. The summed E-state index contributed by atoms with van der Waals surface area (Å²) in [6.07, 6.45) is 25.2. The molecule has 0 N–H and O–H groups in total. The van der Waals surface area contributed by atoms with Crippen molar-refractivity contribution >= 4 is 5.97 Å². The molecule has 0 aromatic rings. The lowest BCUT2D eigenvalue weighted by Crippen LogP contribution is -2.13. The highest BCUT2D eigenvalue weighted by molar-refractivity contribution is 5.69. The maximum atomic E-state index is 12.3. The number of rotatable bonds is 22. The van der Waals surface area contributed by atoms with Crippen molar-refractivity contribution < 1.29 is 9.53 Å². The highest BCUT2D eigenvalue weighted by atomic mass is 16.5. The van der Waals surface area contributed by atoms with Crippen LogP contribution in [0.5, 0.6) is 0 Å². The van der Waals surface area contributed by atoms with E-state index in [2.05, 4.69) is 20.8 Å². The summed E-state index contributed by atoms with van der Waals surface area (Å²) in [5.74, 6) is 0.600. The van der Waals surface area contributed by atoms with Crippen LogP contribution in [0.25, 0.3) is 0 Å². The predicted octanol–water partition coefficient (Wildman–Crippen LogP) is 9.01. The Morgan fingerprint density at radius 3 is 1.43 bits per heavy atom. The third-order valence-electron chi connectivity index (χ3n) is 5.90. The van der Waals surface area contributed by atoms with Gasteiger partial charge in [0.1, 0.15) is 0 Å². The molecule has 168 valence electrons. The summed E-state index contributed by atoms with van der Waals surface area (Å²) in [6.45, 7) is 7.41. The van der Waals surface area contributed by atoms with Crippen LogP contribution in [-0.4, -0.2) is 12.6 Å². The first kappa shape index (κ1) is 27.5. The maximum Gasteiger partial charge on any atom is 0.306 e. The average Bonchev–Trinajstić information content (AvgIpc) is 2.69. The zero-order chi connectivity index (χ0) is 20.7. The quantitative estimate of drug-likeness (QED) is 0.135. The molecule has 1 atom stereocenters. The van der Waals surface area contributed by atoms with Crippen LogP contribution in [0.1, 0.15) is 149 Å². The number of ether oxygens (including phenoxy) is 1. The van der Waals surface area contributed by atoms with Crippen molar-refractivity contribution in [3.05, 3.63) is 0 Å². The van der Waals surface area contributed by atoms with E-state index in [4.69, 9.17) is 4.74 Å². The van der Waals surface area contributed by atoms with E-state index < -0.39 is 0 Å². The molecule has 0 fully saturated rings. The molecule has 0 aliphatic carbocycles. The molecule has 0 aliphatic rings. The van der Waals surface area contributed by atoms with E-state index in [9.17, 15) is 4.79 Å². The second-order valence-corrected chi connectivity index (χ2v) is 8.82. The fraction of sp³-hybridized carbons (Fsp3) is 0.962. The molecule has 0 saturated heterocycles. The van der Waals surface area contributed by atoms with Crippen LogP contribution in [0.2, 0.25) is 0 Å². The van der Waals surface area contributed by atoms with Gasteiger partial charge in [0.25, 0.3) is 0 Å². The van der Waals surface area contributed by atoms with Crippen molar-refractivity contribution in [2.45, 2.75) is 149 Å². The number of unbranched alkanes of at least 4 members (excludes halogenated alkanes) is 14. The van der Waals surface area contributed by atoms with E-state index in [0.29, 0.717) is 18.9 Å². The third-order valence-corrected chi connectivity index (χ3v) is 5.90. The fourth-order valence-corrected chi connectivity index (χ4v) is 3.96. The predicted molar refractivity (Wildman–Crippen MR) is 124 cm³/mol. The van der Waals surface area contributed by atoms with Gasteiger partial charge in [0.05, 0.1) is 6.61 Å². The van der Waals surface area contributed by atoms with Crippen molar-refractivity contribution in [2.75, 3.05) is 6.61 Å². The molecule has 0 radical (unpaired) electrons. The van der Waals surface area contributed by atoms with Gasteiger partial charge in [-0.2, -0.15) is 0 Å². The molecule has 0 saturated carbocycles. The van der Waals surface area contributed by atoms with Gasteiger partial charge < -0.3 is 4.74 Å². The summed E-state index contributed by atoms with van der Waals surface area (Å²) in [6, 6.07) is 0. The van der Waals surface area contributed by atoms with Crippen LogP contribution < -0.4 is 0 Å². The van der Waals surface area contributed by atoms with E-state index in [1.807, 2.05) is 0 Å². The first-order valence-electron chi connectivity index (χ1n) is 12.9. The van der Waals surface area contributed by atoms with E-state index >= 15 is 0 Å². The Hall–Kier alpha value is -0.530. The van der Waals surface area contributed by atoms with Crippen LogP contribution in [0.4, 0.5) is 0 Å². The van der Waals surface area contributed by atoms with Gasteiger partial charge in [-0.3, -0.25) is 4.79 Å². The molecular weight excluding hydrogens is 344 g/mol. The Balaban J connectivity index is 3.95. The zero-order valence-corrected chi connectivity index (χ0v) is 19.7. The lowest BCUT2D eigenvalue weighted by molar-refractivity contribution is -0.145. The lowest BCUT2D eigenvalue weighted by Gasteiger charge is -2.16. The second-order valence-electron chi connectivity index (χ2n) is 8.82. The number of hydrogen-bond donors (Lipinski definition) is 0. The minimum atomic E-state index is 0.0538. The first-order valence-corrected chi connectivity index (χ1v) is 12.9. The minimum Gasteiger partial charge on any atom is -0.466 e. The molecule has 0 amide bonds. The largest absolute Gasteiger partial charge is 0.466 e. The Labute approximate surface area is 177 Å². The molecule has 0 heterocycles. The van der Waals surface area contributed by atoms with Gasteiger partial charge in [0.15, 0.2) is 0 Å². The van der Waals surface area contributed by atoms with E-state index in [1.165, 1.54) is 116 Å². The number of hydrogen-bond acceptors (Lipinski definition) is 2. The summed E-state index contributed by atoms with van der Waals surface area (Å²) < 4.78 is 5.54. The normalized spacial score (nSPS) is 12.2. The maximum absolute atomic E-state index is 12.3. The smallest absolute Gasteiger partial charge is 0.306 e. The van der Waals surface area contributed by atoms with Gasteiger partial charge in [-0.1, -0.05) is 124 Å². The van der Waals surface area contributed by atoms with Crippen molar-refractivity contribution in [1.29, 1.82) is 0 Å². The van der Waals surface area contributed by atoms with E-state index in [1.54, 1.807) is 0 Å². The molecule has 0 rings (SSSR count). The van der Waals surface area contributed by atoms with Gasteiger partial charge in [-0.15, -0.1) is 0 Å². The van der Waals surface area contributed by atoms with Crippen LogP contribution in [-0.2, 0) is 9.53 Å². The zero-order valence-electron chi connectivity index (χ0n) is 19.7. The summed E-state index contributed by atoms with van der Waals surface area (Å²) >= 11 is 0. The Morgan fingerprint density at radius 2 is 0.964 bits per heavy atom. The second kappa shape index (κ2) is 22.8. The van der Waals surface area contributed by atoms with Gasteiger partial charge in [-0.25, -0.2) is 0 Å². The van der Waals surface area contributed by atoms with Crippen molar-refractivity contribution in [3.63, 3.8) is 0 Å². The summed E-state index contributed by atoms with van der Waals surface area (Å²) in [5, 5.41) is 0. The van der Waals surface area contributed by atoms with Crippen LogP contribution >= 0.6 is 0 Å². The molecule has 28 heavy (non-hydrogen) atoms. The molecule has 0 aromatic carbocycles.